The first-order chi connectivity index (χ1) is 9.56. The fourth-order valence-electron chi connectivity index (χ4n) is 1.70. The molecule has 0 spiro atoms. The summed E-state index contributed by atoms with van der Waals surface area (Å²) in [6.45, 7) is 0. The number of benzene rings is 1. The van der Waals surface area contributed by atoms with Crippen LogP contribution >= 0.6 is 0 Å². The number of hydrogen-bond acceptors (Lipinski definition) is 3. The molecular formula is C14H13FN2O2S. The summed E-state index contributed by atoms with van der Waals surface area (Å²) >= 11 is 0. The van der Waals surface area contributed by atoms with Gasteiger partial charge in [0, 0.05) is 24.3 Å². The number of anilines is 1. The highest BCUT2D eigenvalue weighted by atomic mass is 32.2. The van der Waals surface area contributed by atoms with Crippen LogP contribution in [0.5, 0.6) is 0 Å². The predicted octanol–water partition coefficient (Wildman–Crippen LogP) is 2.14. The molecule has 0 aliphatic carbocycles. The van der Waals surface area contributed by atoms with Gasteiger partial charge in [-0.3, -0.25) is 14.0 Å². The number of carbonyl (C=O) groups is 1. The first kappa shape index (κ1) is 14.3. The van der Waals surface area contributed by atoms with Crippen molar-refractivity contribution in [2.24, 2.45) is 0 Å². The van der Waals surface area contributed by atoms with Crippen molar-refractivity contribution < 1.29 is 13.4 Å². The lowest BCUT2D eigenvalue weighted by Gasteiger charge is -2.07. The Bertz CT molecular complexity index is 647. The van der Waals surface area contributed by atoms with E-state index in [4.69, 9.17) is 0 Å². The molecule has 1 aromatic heterocycles. The van der Waals surface area contributed by atoms with E-state index >= 15 is 0 Å². The zero-order valence-corrected chi connectivity index (χ0v) is 11.6. The molecule has 0 aliphatic rings. The third kappa shape index (κ3) is 3.71. The molecule has 0 aliphatic heterocycles. The molecular weight excluding hydrogens is 279 g/mol. The maximum absolute atomic E-state index is 13.6. The second kappa shape index (κ2) is 6.38. The van der Waals surface area contributed by atoms with Gasteiger partial charge >= 0.3 is 0 Å². The number of rotatable bonds is 4. The summed E-state index contributed by atoms with van der Waals surface area (Å²) in [6.07, 6.45) is 4.79. The van der Waals surface area contributed by atoms with Gasteiger partial charge in [0.2, 0.25) is 5.91 Å². The highest BCUT2D eigenvalue weighted by Gasteiger charge is 2.09. The van der Waals surface area contributed by atoms with Gasteiger partial charge in [0.05, 0.1) is 22.1 Å². The van der Waals surface area contributed by atoms with E-state index < -0.39 is 16.6 Å². The fourth-order valence-corrected chi connectivity index (χ4v) is 2.30. The molecule has 2 aromatic rings. The number of nitrogens with one attached hydrogen (secondary N) is 1. The van der Waals surface area contributed by atoms with Gasteiger partial charge in [-0.25, -0.2) is 4.39 Å². The maximum Gasteiger partial charge on any atom is 0.228 e. The average molecular weight is 292 g/mol. The second-order valence-electron chi connectivity index (χ2n) is 4.19. The average Bonchev–Trinajstić information content (AvgIpc) is 2.39. The van der Waals surface area contributed by atoms with Gasteiger partial charge in [-0.2, -0.15) is 0 Å². The van der Waals surface area contributed by atoms with Crippen LogP contribution in [0, 0.1) is 5.82 Å². The first-order valence-corrected chi connectivity index (χ1v) is 7.44. The molecule has 6 heteroatoms. The predicted molar refractivity (Wildman–Crippen MR) is 75.3 cm³/mol. The fraction of sp³-hybridized carbons (Fsp3) is 0.143. The SMILES string of the molecule is C[S@@](=O)c1ccc(NC(=O)Cc2cccnc2)cc1F. The second-order valence-corrected chi connectivity index (χ2v) is 5.53. The summed E-state index contributed by atoms with van der Waals surface area (Å²) in [4.78, 5) is 15.8. The lowest BCUT2D eigenvalue weighted by molar-refractivity contribution is -0.115. The molecule has 1 atom stereocenters. The number of pyridine rings is 1. The summed E-state index contributed by atoms with van der Waals surface area (Å²) in [5, 5.41) is 2.59. The Balaban J connectivity index is 2.05. The van der Waals surface area contributed by atoms with Crippen molar-refractivity contribution in [3.63, 3.8) is 0 Å². The Morgan fingerprint density at radius 3 is 2.80 bits per heavy atom. The van der Waals surface area contributed by atoms with E-state index in [-0.39, 0.29) is 17.2 Å². The number of hydrogen-bond donors (Lipinski definition) is 1. The van der Waals surface area contributed by atoms with Crippen LogP contribution in [0.3, 0.4) is 0 Å². The van der Waals surface area contributed by atoms with E-state index in [2.05, 4.69) is 10.3 Å². The minimum atomic E-state index is -1.39. The quantitative estimate of drug-likeness (QED) is 0.939. The maximum atomic E-state index is 13.6. The molecule has 0 saturated carbocycles. The van der Waals surface area contributed by atoms with Crippen LogP contribution in [0.4, 0.5) is 10.1 Å². The molecule has 1 N–H and O–H groups in total. The van der Waals surface area contributed by atoms with Crippen LogP contribution in [-0.2, 0) is 22.0 Å². The topological polar surface area (TPSA) is 59.1 Å². The molecule has 1 amide bonds. The van der Waals surface area contributed by atoms with Gasteiger partial charge in [0.1, 0.15) is 5.82 Å². The normalized spacial score (nSPS) is 11.9. The van der Waals surface area contributed by atoms with E-state index in [1.54, 1.807) is 24.5 Å². The van der Waals surface area contributed by atoms with Gasteiger partial charge in [0.15, 0.2) is 0 Å². The third-order valence-corrected chi connectivity index (χ3v) is 3.56. The number of nitrogens with zero attached hydrogens (tertiary/aromatic N) is 1. The lowest BCUT2D eigenvalue weighted by atomic mass is 10.2. The minimum absolute atomic E-state index is 0.121. The lowest BCUT2D eigenvalue weighted by Crippen LogP contribution is -2.14. The molecule has 2 rings (SSSR count). The third-order valence-electron chi connectivity index (χ3n) is 2.61. The molecule has 0 saturated heterocycles. The van der Waals surface area contributed by atoms with Gasteiger partial charge < -0.3 is 5.32 Å². The van der Waals surface area contributed by atoms with Gasteiger partial charge in [-0.05, 0) is 29.8 Å². The van der Waals surface area contributed by atoms with E-state index in [9.17, 15) is 13.4 Å². The van der Waals surface area contributed by atoms with Crippen molar-refractivity contribution >= 4 is 22.4 Å². The molecule has 0 bridgehead atoms. The highest BCUT2D eigenvalue weighted by Crippen LogP contribution is 2.17. The largest absolute Gasteiger partial charge is 0.326 e. The smallest absolute Gasteiger partial charge is 0.228 e. The Hall–Kier alpha value is -2.08. The van der Waals surface area contributed by atoms with Crippen LogP contribution in [-0.4, -0.2) is 21.4 Å². The molecule has 20 heavy (non-hydrogen) atoms. The van der Waals surface area contributed by atoms with Gasteiger partial charge in [0.25, 0.3) is 0 Å². The minimum Gasteiger partial charge on any atom is -0.326 e. The summed E-state index contributed by atoms with van der Waals surface area (Å²) in [6, 6.07) is 7.63. The monoisotopic (exact) mass is 292 g/mol. The highest BCUT2D eigenvalue weighted by molar-refractivity contribution is 7.84. The van der Waals surface area contributed by atoms with E-state index in [1.165, 1.54) is 18.4 Å². The number of aromatic nitrogens is 1. The zero-order valence-electron chi connectivity index (χ0n) is 10.8. The summed E-state index contributed by atoms with van der Waals surface area (Å²) in [5.74, 6) is -0.854. The van der Waals surface area contributed by atoms with Crippen LogP contribution in [0.25, 0.3) is 0 Å². The molecule has 0 unspecified atom stereocenters. The van der Waals surface area contributed by atoms with Crippen LogP contribution in [0.2, 0.25) is 0 Å². The van der Waals surface area contributed by atoms with Crippen molar-refractivity contribution in [1.29, 1.82) is 0 Å². The van der Waals surface area contributed by atoms with E-state index in [0.717, 1.165) is 11.6 Å². The first-order valence-electron chi connectivity index (χ1n) is 5.88. The number of amides is 1. The van der Waals surface area contributed by atoms with Gasteiger partial charge in [-0.1, -0.05) is 6.07 Å². The van der Waals surface area contributed by atoms with Crippen molar-refractivity contribution in [2.45, 2.75) is 11.3 Å². The van der Waals surface area contributed by atoms with Crippen LogP contribution in [0.1, 0.15) is 5.56 Å². The summed E-state index contributed by atoms with van der Waals surface area (Å²) in [5.41, 5.74) is 1.11. The van der Waals surface area contributed by atoms with Crippen LogP contribution < -0.4 is 5.32 Å². The van der Waals surface area contributed by atoms with Crippen molar-refractivity contribution in [3.05, 3.63) is 54.1 Å². The molecule has 0 fully saturated rings. The van der Waals surface area contributed by atoms with E-state index in [1.807, 2.05) is 0 Å². The van der Waals surface area contributed by atoms with E-state index in [0.29, 0.717) is 5.69 Å². The van der Waals surface area contributed by atoms with Crippen molar-refractivity contribution in [3.8, 4) is 0 Å². The Morgan fingerprint density at radius 2 is 2.20 bits per heavy atom. The Morgan fingerprint density at radius 1 is 1.40 bits per heavy atom. The molecule has 1 aromatic carbocycles. The van der Waals surface area contributed by atoms with Crippen molar-refractivity contribution in [2.75, 3.05) is 11.6 Å². The standard InChI is InChI=1S/C14H13FN2O2S/c1-20(19)13-5-4-11(8-12(13)15)17-14(18)7-10-3-2-6-16-9-10/h2-6,8-9H,7H2,1H3,(H,17,18)/t20-/m1/s1. The number of halogens is 1. The van der Waals surface area contributed by atoms with Crippen molar-refractivity contribution in [1.82, 2.24) is 4.98 Å². The molecule has 1 heterocycles. The summed E-state index contributed by atoms with van der Waals surface area (Å²) < 4.78 is 24.8. The Kier molecular flexibility index (Phi) is 4.57. The Labute approximate surface area is 118 Å². The van der Waals surface area contributed by atoms with Crippen LogP contribution in [0.15, 0.2) is 47.6 Å². The molecule has 0 radical (unpaired) electrons. The van der Waals surface area contributed by atoms with Gasteiger partial charge in [-0.15, -0.1) is 0 Å². The molecule has 4 nitrogen and oxygen atoms in total. The number of carbonyl (C=O) groups excluding carboxylic acids is 1. The summed E-state index contributed by atoms with van der Waals surface area (Å²) in [7, 11) is -1.39. The zero-order chi connectivity index (χ0) is 14.5. The molecule has 104 valence electrons.